The highest BCUT2D eigenvalue weighted by Crippen LogP contribution is 2.43. The third-order valence-electron chi connectivity index (χ3n) is 5.11. The normalized spacial score (nSPS) is 18.0. The average Bonchev–Trinajstić information content (AvgIpc) is 2.92. The van der Waals surface area contributed by atoms with Crippen molar-refractivity contribution < 1.29 is 19.1 Å². The topological polar surface area (TPSA) is 57.6 Å². The molecule has 0 aliphatic carbocycles. The first-order valence-corrected chi connectivity index (χ1v) is 9.85. The lowest BCUT2D eigenvalue weighted by Gasteiger charge is -2.23. The number of halogens is 2. The predicted molar refractivity (Wildman–Crippen MR) is 111 cm³/mol. The molecule has 1 heterocycles. The highest BCUT2D eigenvalue weighted by Gasteiger charge is 2.50. The van der Waals surface area contributed by atoms with Crippen LogP contribution in [0, 0.1) is 5.82 Å². The lowest BCUT2D eigenvalue weighted by Crippen LogP contribution is -2.41. The first-order chi connectivity index (χ1) is 13.9. The van der Waals surface area contributed by atoms with Crippen LogP contribution in [0.25, 0.3) is 0 Å². The average molecular weight is 454 g/mol. The number of nitrogens with zero attached hydrogens (tertiary/aromatic N) is 1. The van der Waals surface area contributed by atoms with E-state index in [1.54, 1.807) is 66.7 Å². The summed E-state index contributed by atoms with van der Waals surface area (Å²) in [4.78, 5) is 27.3. The van der Waals surface area contributed by atoms with Crippen LogP contribution in [0.2, 0.25) is 0 Å². The maximum Gasteiger partial charge on any atom is 0.264 e. The summed E-state index contributed by atoms with van der Waals surface area (Å²) in [5, 5.41) is 11.3. The number of carbonyl (C=O) groups excluding carboxylic acids is 2. The third-order valence-corrected chi connectivity index (χ3v) is 5.64. The van der Waals surface area contributed by atoms with Gasteiger partial charge in [-0.2, -0.15) is 0 Å². The second-order valence-electron chi connectivity index (χ2n) is 6.97. The Balaban J connectivity index is 1.69. The molecule has 1 aliphatic rings. The first-order valence-electron chi connectivity index (χ1n) is 9.06. The number of amides is 1. The Labute approximate surface area is 175 Å². The van der Waals surface area contributed by atoms with Crippen LogP contribution >= 0.6 is 15.9 Å². The fourth-order valence-corrected chi connectivity index (χ4v) is 3.87. The van der Waals surface area contributed by atoms with E-state index in [9.17, 15) is 19.1 Å². The summed E-state index contributed by atoms with van der Waals surface area (Å²) < 4.78 is 15.0. The molecule has 3 aromatic carbocycles. The first kappa shape index (κ1) is 19.5. The maximum atomic E-state index is 14.1. The summed E-state index contributed by atoms with van der Waals surface area (Å²) in [5.74, 6) is -1.41. The predicted octanol–water partition coefficient (Wildman–Crippen LogP) is 4.60. The molecule has 4 nitrogen and oxygen atoms in total. The number of para-hydroxylation sites is 1. The summed E-state index contributed by atoms with van der Waals surface area (Å²) in [6, 6.07) is 19.7. The van der Waals surface area contributed by atoms with Crippen molar-refractivity contribution in [1.82, 2.24) is 0 Å². The monoisotopic (exact) mass is 453 g/mol. The van der Waals surface area contributed by atoms with Gasteiger partial charge < -0.3 is 10.0 Å². The number of Topliss-reactive ketones (excluding diaryl/α,β-unsaturated/α-hetero) is 1. The summed E-state index contributed by atoms with van der Waals surface area (Å²) in [6.45, 7) is -0.0305. The zero-order valence-corrected chi connectivity index (χ0v) is 16.9. The van der Waals surface area contributed by atoms with Crippen LogP contribution in [0.5, 0.6) is 0 Å². The number of rotatable bonds is 5. The molecule has 6 heteroatoms. The van der Waals surface area contributed by atoms with Crippen molar-refractivity contribution in [3.8, 4) is 0 Å². The molecule has 0 saturated heterocycles. The molecule has 0 bridgehead atoms. The van der Waals surface area contributed by atoms with Crippen LogP contribution in [-0.2, 0) is 16.9 Å². The van der Waals surface area contributed by atoms with Crippen LogP contribution in [0.1, 0.15) is 27.9 Å². The fourth-order valence-electron chi connectivity index (χ4n) is 3.60. The summed E-state index contributed by atoms with van der Waals surface area (Å²) in [5.41, 5.74) is -0.427. The van der Waals surface area contributed by atoms with E-state index in [-0.39, 0.29) is 12.3 Å². The zero-order valence-electron chi connectivity index (χ0n) is 15.3. The van der Waals surface area contributed by atoms with E-state index in [2.05, 4.69) is 15.9 Å². The lowest BCUT2D eigenvalue weighted by molar-refractivity contribution is -0.136. The van der Waals surface area contributed by atoms with Crippen molar-refractivity contribution >= 4 is 33.3 Å². The van der Waals surface area contributed by atoms with Crippen LogP contribution in [0.3, 0.4) is 0 Å². The van der Waals surface area contributed by atoms with Crippen LogP contribution in [0.4, 0.5) is 10.1 Å². The quantitative estimate of drug-likeness (QED) is 0.574. The van der Waals surface area contributed by atoms with Gasteiger partial charge in [-0.15, -0.1) is 0 Å². The second-order valence-corrected chi connectivity index (χ2v) is 7.88. The van der Waals surface area contributed by atoms with Gasteiger partial charge in [0.1, 0.15) is 5.82 Å². The van der Waals surface area contributed by atoms with Gasteiger partial charge in [-0.05, 0) is 24.3 Å². The molecule has 1 amide bonds. The third kappa shape index (κ3) is 3.50. The van der Waals surface area contributed by atoms with E-state index in [0.29, 0.717) is 22.4 Å². The van der Waals surface area contributed by atoms with Crippen molar-refractivity contribution in [2.45, 2.75) is 18.6 Å². The van der Waals surface area contributed by atoms with Gasteiger partial charge in [0.15, 0.2) is 11.4 Å². The number of carbonyl (C=O) groups is 2. The second kappa shape index (κ2) is 7.54. The summed E-state index contributed by atoms with van der Waals surface area (Å²) in [6.07, 6.45) is -0.391. The van der Waals surface area contributed by atoms with Crippen molar-refractivity contribution in [3.63, 3.8) is 0 Å². The molecule has 4 rings (SSSR count). The van der Waals surface area contributed by atoms with Gasteiger partial charge in [-0.25, -0.2) is 4.39 Å². The summed E-state index contributed by atoms with van der Waals surface area (Å²) >= 11 is 3.32. The number of ketones is 1. The van der Waals surface area contributed by atoms with Gasteiger partial charge in [-0.3, -0.25) is 9.59 Å². The Morgan fingerprint density at radius 2 is 1.66 bits per heavy atom. The molecule has 146 valence electrons. The zero-order chi connectivity index (χ0) is 20.6. The molecule has 0 aromatic heterocycles. The summed E-state index contributed by atoms with van der Waals surface area (Å²) in [7, 11) is 0. The van der Waals surface area contributed by atoms with Gasteiger partial charge >= 0.3 is 0 Å². The number of hydrogen-bond donors (Lipinski definition) is 1. The minimum absolute atomic E-state index is 0.0305. The molecular weight excluding hydrogens is 437 g/mol. The molecule has 0 fully saturated rings. The fraction of sp³-hybridized carbons (Fsp3) is 0.130. The molecule has 3 aromatic rings. The molecular formula is C23H17BrFNO3. The molecule has 1 unspecified atom stereocenters. The standard InChI is InChI=1S/C23H17BrFNO3/c24-17-11-9-15(10-12-17)21(27)13-23(29)18-6-2-4-8-20(18)26(22(23)28)14-16-5-1-3-7-19(16)25/h1-12,29H,13-14H2. The number of fused-ring (bicyclic) bond motifs is 1. The van der Waals surface area contributed by atoms with Gasteiger partial charge in [0, 0.05) is 21.2 Å². The van der Waals surface area contributed by atoms with Gasteiger partial charge in [0.25, 0.3) is 5.91 Å². The Morgan fingerprint density at radius 3 is 2.38 bits per heavy atom. The van der Waals surface area contributed by atoms with Crippen LogP contribution in [-0.4, -0.2) is 16.8 Å². The largest absolute Gasteiger partial charge is 0.375 e. The number of aliphatic hydroxyl groups is 1. The smallest absolute Gasteiger partial charge is 0.264 e. The van der Waals surface area contributed by atoms with Crippen molar-refractivity contribution in [2.24, 2.45) is 0 Å². The molecule has 1 N–H and O–H groups in total. The number of hydrogen-bond acceptors (Lipinski definition) is 3. The molecule has 1 atom stereocenters. The van der Waals surface area contributed by atoms with E-state index in [4.69, 9.17) is 0 Å². The molecule has 0 spiro atoms. The minimum atomic E-state index is -1.99. The van der Waals surface area contributed by atoms with E-state index >= 15 is 0 Å². The molecule has 29 heavy (non-hydrogen) atoms. The SMILES string of the molecule is O=C(CC1(O)C(=O)N(Cc2ccccc2F)c2ccccc21)c1ccc(Br)cc1. The van der Waals surface area contributed by atoms with Crippen molar-refractivity contribution in [2.75, 3.05) is 4.90 Å². The van der Waals surface area contributed by atoms with E-state index in [1.807, 2.05) is 0 Å². The van der Waals surface area contributed by atoms with Crippen molar-refractivity contribution in [1.29, 1.82) is 0 Å². The lowest BCUT2D eigenvalue weighted by atomic mass is 9.88. The molecule has 0 radical (unpaired) electrons. The number of benzene rings is 3. The molecule has 0 saturated carbocycles. The van der Waals surface area contributed by atoms with E-state index in [0.717, 1.165) is 4.47 Å². The molecule has 1 aliphatic heterocycles. The highest BCUT2D eigenvalue weighted by molar-refractivity contribution is 9.10. The highest BCUT2D eigenvalue weighted by atomic mass is 79.9. The van der Waals surface area contributed by atoms with Crippen LogP contribution < -0.4 is 4.90 Å². The van der Waals surface area contributed by atoms with E-state index in [1.165, 1.54) is 11.0 Å². The Bertz CT molecular complexity index is 1100. The van der Waals surface area contributed by atoms with E-state index < -0.39 is 23.7 Å². The van der Waals surface area contributed by atoms with Crippen LogP contribution in [0.15, 0.2) is 77.3 Å². The van der Waals surface area contributed by atoms with Crippen molar-refractivity contribution in [3.05, 3.63) is 99.8 Å². The van der Waals surface area contributed by atoms with Gasteiger partial charge in [0.05, 0.1) is 18.7 Å². The Hall–Kier alpha value is -2.83. The Morgan fingerprint density at radius 1 is 1.00 bits per heavy atom. The number of anilines is 1. The maximum absolute atomic E-state index is 14.1. The van der Waals surface area contributed by atoms with Gasteiger partial charge in [0.2, 0.25) is 0 Å². The Kier molecular flexibility index (Phi) is 5.06. The minimum Gasteiger partial charge on any atom is -0.375 e. The van der Waals surface area contributed by atoms with Gasteiger partial charge in [-0.1, -0.05) is 64.5 Å².